The summed E-state index contributed by atoms with van der Waals surface area (Å²) in [5.41, 5.74) is 0. The number of likely N-dealkylation sites (tertiary alicyclic amines) is 1. The third-order valence-electron chi connectivity index (χ3n) is 3.49. The Morgan fingerprint density at radius 2 is 2.00 bits per heavy atom. The van der Waals surface area contributed by atoms with Gasteiger partial charge in [0.2, 0.25) is 5.91 Å². The molecule has 1 aliphatic rings. The Morgan fingerprint density at radius 3 is 2.53 bits per heavy atom. The summed E-state index contributed by atoms with van der Waals surface area (Å²) in [6.45, 7) is 4.50. The molecule has 17 heavy (non-hydrogen) atoms. The van der Waals surface area contributed by atoms with Crippen LogP contribution in [0.4, 0.5) is 0 Å². The number of carbonyl (C=O) groups is 2. The molecule has 0 spiro atoms. The Balaban J connectivity index is 2.70. The number of amides is 1. The van der Waals surface area contributed by atoms with Crippen LogP contribution in [0.25, 0.3) is 0 Å². The average molecular weight is 240 g/mol. The van der Waals surface area contributed by atoms with Gasteiger partial charge in [0.15, 0.2) is 0 Å². The predicted octanol–water partition coefficient (Wildman–Crippen LogP) is 1.30. The Labute approximate surface area is 104 Å². The summed E-state index contributed by atoms with van der Waals surface area (Å²) >= 11 is 0. The molecule has 0 aromatic heterocycles. The lowest BCUT2D eigenvalue weighted by Crippen LogP contribution is -2.51. The minimum absolute atomic E-state index is 0.116. The molecular formula is C13H24N2O2. The second kappa shape index (κ2) is 6.15. The zero-order valence-electron chi connectivity index (χ0n) is 11.4. The number of likely N-dealkylation sites (N-methyl/N-ethyl adjacent to an activating group) is 1. The van der Waals surface area contributed by atoms with E-state index in [9.17, 15) is 9.59 Å². The van der Waals surface area contributed by atoms with Gasteiger partial charge in [0.05, 0.1) is 6.04 Å². The highest BCUT2D eigenvalue weighted by Crippen LogP contribution is 2.22. The van der Waals surface area contributed by atoms with Gasteiger partial charge in [0.25, 0.3) is 0 Å². The Bertz CT molecular complexity index is 289. The minimum Gasteiger partial charge on any atom is -0.347 e. The summed E-state index contributed by atoms with van der Waals surface area (Å²) in [6, 6.07) is 0.134. The number of nitrogens with zero attached hydrogens (tertiary/aromatic N) is 2. The Kier molecular flexibility index (Phi) is 5.12. The second-order valence-corrected chi connectivity index (χ2v) is 5.20. The summed E-state index contributed by atoms with van der Waals surface area (Å²) in [5.74, 6) is 0.340. The fourth-order valence-electron chi connectivity index (χ4n) is 2.60. The maximum atomic E-state index is 12.0. The van der Waals surface area contributed by atoms with Crippen molar-refractivity contribution in [1.82, 2.24) is 9.80 Å². The zero-order chi connectivity index (χ0) is 13.0. The predicted molar refractivity (Wildman–Crippen MR) is 67.8 cm³/mol. The quantitative estimate of drug-likeness (QED) is 0.743. The van der Waals surface area contributed by atoms with Gasteiger partial charge in [0, 0.05) is 26.6 Å². The van der Waals surface area contributed by atoms with Crippen LogP contribution in [0.15, 0.2) is 0 Å². The first-order chi connectivity index (χ1) is 7.93. The van der Waals surface area contributed by atoms with Crippen molar-refractivity contribution in [2.75, 3.05) is 20.6 Å². The molecule has 4 nitrogen and oxygen atoms in total. The van der Waals surface area contributed by atoms with Crippen molar-refractivity contribution in [3.05, 3.63) is 0 Å². The van der Waals surface area contributed by atoms with Crippen LogP contribution in [-0.4, -0.2) is 54.2 Å². The van der Waals surface area contributed by atoms with Crippen molar-refractivity contribution < 1.29 is 9.59 Å². The fraction of sp³-hybridized carbons (Fsp3) is 0.846. The van der Waals surface area contributed by atoms with Crippen LogP contribution < -0.4 is 0 Å². The molecule has 2 unspecified atom stereocenters. The zero-order valence-corrected chi connectivity index (χ0v) is 11.4. The maximum absolute atomic E-state index is 12.0. The van der Waals surface area contributed by atoms with Gasteiger partial charge in [-0.25, -0.2) is 0 Å². The molecule has 0 bridgehead atoms. The van der Waals surface area contributed by atoms with Crippen molar-refractivity contribution in [2.45, 2.75) is 51.6 Å². The van der Waals surface area contributed by atoms with E-state index < -0.39 is 0 Å². The first-order valence-corrected chi connectivity index (χ1v) is 6.39. The first-order valence-electron chi connectivity index (χ1n) is 6.39. The summed E-state index contributed by atoms with van der Waals surface area (Å²) in [6.07, 6.45) is 3.90. The molecule has 0 N–H and O–H groups in total. The standard InChI is InChI=1S/C13H24N2O2/c1-10(16)9-12-7-5-6-8-15(12)11(2)13(17)14(3)4/h11-12H,5-9H2,1-4H3. The van der Waals surface area contributed by atoms with Gasteiger partial charge in [-0.2, -0.15) is 0 Å². The largest absolute Gasteiger partial charge is 0.347 e. The highest BCUT2D eigenvalue weighted by atomic mass is 16.2. The van der Waals surface area contributed by atoms with Crippen molar-refractivity contribution >= 4 is 11.7 Å². The summed E-state index contributed by atoms with van der Waals surface area (Å²) in [7, 11) is 3.56. The van der Waals surface area contributed by atoms with E-state index in [0.717, 1.165) is 25.8 Å². The molecule has 2 atom stereocenters. The van der Waals surface area contributed by atoms with Crippen LogP contribution >= 0.6 is 0 Å². The number of hydrogen-bond donors (Lipinski definition) is 0. The monoisotopic (exact) mass is 240 g/mol. The van der Waals surface area contributed by atoms with E-state index in [0.29, 0.717) is 6.42 Å². The second-order valence-electron chi connectivity index (χ2n) is 5.20. The number of piperidine rings is 1. The smallest absolute Gasteiger partial charge is 0.239 e. The van der Waals surface area contributed by atoms with Crippen LogP contribution in [0.5, 0.6) is 0 Å². The van der Waals surface area contributed by atoms with Crippen molar-refractivity contribution in [3.63, 3.8) is 0 Å². The number of ketones is 1. The Morgan fingerprint density at radius 1 is 1.35 bits per heavy atom. The van der Waals surface area contributed by atoms with Crippen LogP contribution in [0, 0.1) is 0 Å². The van der Waals surface area contributed by atoms with E-state index in [1.165, 1.54) is 0 Å². The fourth-order valence-corrected chi connectivity index (χ4v) is 2.60. The lowest BCUT2D eigenvalue weighted by Gasteiger charge is -2.39. The molecule has 98 valence electrons. The minimum atomic E-state index is -0.116. The van der Waals surface area contributed by atoms with Gasteiger partial charge < -0.3 is 4.90 Å². The SMILES string of the molecule is CC(=O)CC1CCCCN1C(C)C(=O)N(C)C. The molecule has 1 rings (SSSR count). The average Bonchev–Trinajstić information content (AvgIpc) is 2.27. The van der Waals surface area contributed by atoms with E-state index in [2.05, 4.69) is 4.90 Å². The molecule has 0 aromatic rings. The highest BCUT2D eigenvalue weighted by Gasteiger charge is 2.31. The van der Waals surface area contributed by atoms with Crippen LogP contribution in [-0.2, 0) is 9.59 Å². The van der Waals surface area contributed by atoms with Crippen LogP contribution in [0.3, 0.4) is 0 Å². The van der Waals surface area contributed by atoms with E-state index in [1.807, 2.05) is 6.92 Å². The van der Waals surface area contributed by atoms with Gasteiger partial charge >= 0.3 is 0 Å². The number of Topliss-reactive ketones (excluding diaryl/α,β-unsaturated/α-hetero) is 1. The molecule has 0 aromatic carbocycles. The molecule has 0 aliphatic carbocycles. The molecule has 1 saturated heterocycles. The van der Waals surface area contributed by atoms with E-state index in [1.54, 1.807) is 25.9 Å². The molecule has 1 aliphatic heterocycles. The molecule has 1 amide bonds. The molecule has 4 heteroatoms. The Hall–Kier alpha value is -0.900. The number of carbonyl (C=O) groups excluding carboxylic acids is 2. The van der Waals surface area contributed by atoms with Gasteiger partial charge in [-0.15, -0.1) is 0 Å². The highest BCUT2D eigenvalue weighted by molar-refractivity contribution is 5.81. The van der Waals surface area contributed by atoms with E-state index in [-0.39, 0.29) is 23.8 Å². The summed E-state index contributed by atoms with van der Waals surface area (Å²) in [4.78, 5) is 27.1. The molecule has 0 saturated carbocycles. The summed E-state index contributed by atoms with van der Waals surface area (Å²) < 4.78 is 0. The van der Waals surface area contributed by atoms with Crippen LogP contribution in [0.1, 0.15) is 39.5 Å². The molecule has 1 heterocycles. The van der Waals surface area contributed by atoms with Crippen molar-refractivity contribution in [1.29, 1.82) is 0 Å². The molecule has 0 radical (unpaired) electrons. The lowest BCUT2D eigenvalue weighted by atomic mass is 9.96. The maximum Gasteiger partial charge on any atom is 0.239 e. The number of hydrogen-bond acceptors (Lipinski definition) is 3. The van der Waals surface area contributed by atoms with E-state index in [4.69, 9.17) is 0 Å². The van der Waals surface area contributed by atoms with E-state index >= 15 is 0 Å². The lowest BCUT2D eigenvalue weighted by molar-refractivity contribution is -0.136. The third kappa shape index (κ3) is 3.80. The van der Waals surface area contributed by atoms with Gasteiger partial charge in [-0.05, 0) is 33.2 Å². The first kappa shape index (κ1) is 14.2. The van der Waals surface area contributed by atoms with Gasteiger partial charge in [-0.3, -0.25) is 14.5 Å². The molecule has 1 fully saturated rings. The summed E-state index contributed by atoms with van der Waals surface area (Å²) in [5, 5.41) is 0. The van der Waals surface area contributed by atoms with Gasteiger partial charge in [0.1, 0.15) is 5.78 Å². The van der Waals surface area contributed by atoms with Crippen LogP contribution in [0.2, 0.25) is 0 Å². The topological polar surface area (TPSA) is 40.6 Å². The molecular weight excluding hydrogens is 216 g/mol. The van der Waals surface area contributed by atoms with Crippen molar-refractivity contribution in [3.8, 4) is 0 Å². The van der Waals surface area contributed by atoms with Gasteiger partial charge in [-0.1, -0.05) is 6.42 Å². The van der Waals surface area contributed by atoms with Crippen molar-refractivity contribution in [2.24, 2.45) is 0 Å². The third-order valence-corrected chi connectivity index (χ3v) is 3.49. The number of rotatable bonds is 4. The normalized spacial score (nSPS) is 23.2.